The Bertz CT molecular complexity index is 463. The van der Waals surface area contributed by atoms with Crippen molar-refractivity contribution in [3.63, 3.8) is 0 Å². The molecule has 1 aromatic carbocycles. The summed E-state index contributed by atoms with van der Waals surface area (Å²) in [6, 6.07) is 9.45. The lowest BCUT2D eigenvalue weighted by Gasteiger charge is -2.41. The van der Waals surface area contributed by atoms with Gasteiger partial charge in [-0.3, -0.25) is 9.80 Å². The van der Waals surface area contributed by atoms with Crippen LogP contribution in [0.15, 0.2) is 28.7 Å². The number of piperidine rings is 1. The molecule has 2 aliphatic rings. The zero-order valence-electron chi connectivity index (χ0n) is 13.7. The molecule has 0 spiro atoms. The largest absolute Gasteiger partial charge is 0.333 e. The summed E-state index contributed by atoms with van der Waals surface area (Å²) in [7, 11) is 0. The summed E-state index contributed by atoms with van der Waals surface area (Å²) < 4.78 is 1.25. The number of rotatable bonds is 4. The van der Waals surface area contributed by atoms with Crippen molar-refractivity contribution in [3.05, 3.63) is 34.3 Å². The first-order valence-electron chi connectivity index (χ1n) is 8.79. The van der Waals surface area contributed by atoms with Crippen molar-refractivity contribution in [2.24, 2.45) is 0 Å². The molecule has 0 unspecified atom stereocenters. The van der Waals surface area contributed by atoms with Gasteiger partial charge >= 0.3 is 0 Å². The highest BCUT2D eigenvalue weighted by atomic mass is 79.9. The Labute approximate surface area is 143 Å². The van der Waals surface area contributed by atoms with Gasteiger partial charge in [-0.2, -0.15) is 0 Å². The Morgan fingerprint density at radius 2 is 1.77 bits per heavy atom. The number of likely N-dealkylation sites (N-methyl/N-ethyl adjacent to an activating group) is 1. The number of halogens is 1. The maximum atomic E-state index is 3.67. The molecule has 2 fully saturated rings. The molecule has 1 N–H and O–H groups in total. The summed E-state index contributed by atoms with van der Waals surface area (Å²) in [5.41, 5.74) is 1.42. The van der Waals surface area contributed by atoms with Gasteiger partial charge in [0.05, 0.1) is 19.6 Å². The monoisotopic (exact) mass is 366 g/mol. The molecule has 2 aliphatic heterocycles. The minimum Gasteiger partial charge on any atom is -0.333 e. The van der Waals surface area contributed by atoms with Gasteiger partial charge in [0, 0.05) is 30.1 Å². The van der Waals surface area contributed by atoms with Crippen molar-refractivity contribution in [1.29, 1.82) is 0 Å². The SMILES string of the molecule is CC[NH+]1CCN(C2CCN(Cc3ccccc3Br)CC2)CC1. The molecule has 4 heteroatoms. The summed E-state index contributed by atoms with van der Waals surface area (Å²) in [5.74, 6) is 0. The summed E-state index contributed by atoms with van der Waals surface area (Å²) in [6.07, 6.45) is 2.68. The minimum atomic E-state index is 0.828. The number of nitrogens with zero attached hydrogens (tertiary/aromatic N) is 2. The topological polar surface area (TPSA) is 10.9 Å². The molecule has 0 saturated carbocycles. The van der Waals surface area contributed by atoms with E-state index < -0.39 is 0 Å². The fraction of sp³-hybridized carbons (Fsp3) is 0.667. The van der Waals surface area contributed by atoms with Crippen LogP contribution in [0.3, 0.4) is 0 Å². The summed E-state index contributed by atoms with van der Waals surface area (Å²) in [4.78, 5) is 7.15. The van der Waals surface area contributed by atoms with Crippen molar-refractivity contribution in [2.75, 3.05) is 45.8 Å². The quantitative estimate of drug-likeness (QED) is 0.868. The van der Waals surface area contributed by atoms with Crippen molar-refractivity contribution >= 4 is 15.9 Å². The summed E-state index contributed by atoms with van der Waals surface area (Å²) >= 11 is 3.67. The molecule has 1 aromatic rings. The number of benzene rings is 1. The molecule has 122 valence electrons. The molecular formula is C18H29BrN3+. The molecule has 22 heavy (non-hydrogen) atoms. The number of hydrogen-bond acceptors (Lipinski definition) is 2. The van der Waals surface area contributed by atoms with Crippen LogP contribution in [-0.4, -0.2) is 61.7 Å². The average Bonchev–Trinajstić information content (AvgIpc) is 2.58. The van der Waals surface area contributed by atoms with Gasteiger partial charge in [0.25, 0.3) is 0 Å². The van der Waals surface area contributed by atoms with Crippen LogP contribution < -0.4 is 4.90 Å². The molecule has 0 bridgehead atoms. The molecule has 3 rings (SSSR count). The van der Waals surface area contributed by atoms with Crippen LogP contribution in [0.1, 0.15) is 25.3 Å². The minimum absolute atomic E-state index is 0.828. The average molecular weight is 367 g/mol. The Morgan fingerprint density at radius 3 is 2.41 bits per heavy atom. The third-order valence-corrected chi connectivity index (χ3v) is 6.20. The molecule has 3 nitrogen and oxygen atoms in total. The van der Waals surface area contributed by atoms with E-state index in [1.807, 2.05) is 0 Å². The zero-order valence-corrected chi connectivity index (χ0v) is 15.3. The molecular weight excluding hydrogens is 338 g/mol. The fourth-order valence-corrected chi connectivity index (χ4v) is 4.28. The van der Waals surface area contributed by atoms with Gasteiger partial charge in [-0.05, 0) is 44.5 Å². The van der Waals surface area contributed by atoms with E-state index in [0.29, 0.717) is 0 Å². The number of hydrogen-bond donors (Lipinski definition) is 1. The predicted molar refractivity (Wildman–Crippen MR) is 95.3 cm³/mol. The van der Waals surface area contributed by atoms with E-state index in [1.165, 1.54) is 68.7 Å². The highest BCUT2D eigenvalue weighted by molar-refractivity contribution is 9.10. The molecule has 0 amide bonds. The smallest absolute Gasteiger partial charge is 0.0900 e. The van der Waals surface area contributed by atoms with Crippen LogP contribution in [-0.2, 0) is 6.54 Å². The summed E-state index contributed by atoms with van der Waals surface area (Å²) in [6.45, 7) is 12.5. The van der Waals surface area contributed by atoms with Gasteiger partial charge in [0.2, 0.25) is 0 Å². The Kier molecular flexibility index (Phi) is 5.91. The van der Waals surface area contributed by atoms with E-state index in [0.717, 1.165) is 12.6 Å². The molecule has 0 radical (unpaired) electrons. The van der Waals surface area contributed by atoms with Gasteiger partial charge in [0.15, 0.2) is 0 Å². The Hall–Kier alpha value is -0.420. The third-order valence-electron chi connectivity index (χ3n) is 5.43. The number of likely N-dealkylation sites (tertiary alicyclic amines) is 1. The van der Waals surface area contributed by atoms with Gasteiger partial charge in [-0.25, -0.2) is 0 Å². The highest BCUT2D eigenvalue weighted by Gasteiger charge is 2.28. The first-order chi connectivity index (χ1) is 10.8. The maximum absolute atomic E-state index is 3.67. The highest BCUT2D eigenvalue weighted by Crippen LogP contribution is 2.22. The van der Waals surface area contributed by atoms with Gasteiger partial charge in [-0.1, -0.05) is 34.1 Å². The standard InChI is InChI=1S/C18H28BrN3/c1-2-20-11-13-22(14-12-20)17-7-9-21(10-8-17)15-16-5-3-4-6-18(16)19/h3-6,17H,2,7-15H2,1H3/p+1. The molecule has 2 saturated heterocycles. The Morgan fingerprint density at radius 1 is 1.09 bits per heavy atom. The van der Waals surface area contributed by atoms with E-state index in [1.54, 1.807) is 4.90 Å². The predicted octanol–water partition coefficient (Wildman–Crippen LogP) is 1.63. The van der Waals surface area contributed by atoms with Crippen molar-refractivity contribution in [2.45, 2.75) is 32.4 Å². The van der Waals surface area contributed by atoms with Gasteiger partial charge in [0.1, 0.15) is 0 Å². The van der Waals surface area contributed by atoms with Gasteiger partial charge in [-0.15, -0.1) is 0 Å². The van der Waals surface area contributed by atoms with E-state index in [2.05, 4.69) is 56.9 Å². The van der Waals surface area contributed by atoms with E-state index in [-0.39, 0.29) is 0 Å². The molecule has 0 atom stereocenters. The molecule has 2 heterocycles. The van der Waals surface area contributed by atoms with Crippen LogP contribution in [0.5, 0.6) is 0 Å². The molecule has 0 aliphatic carbocycles. The lowest BCUT2D eigenvalue weighted by atomic mass is 10.0. The first kappa shape index (κ1) is 16.4. The normalized spacial score (nSPS) is 23.0. The van der Waals surface area contributed by atoms with Crippen LogP contribution in [0.25, 0.3) is 0 Å². The molecule has 0 aromatic heterocycles. The third kappa shape index (κ3) is 4.10. The second-order valence-electron chi connectivity index (χ2n) is 6.74. The van der Waals surface area contributed by atoms with Crippen LogP contribution in [0.4, 0.5) is 0 Å². The number of quaternary nitrogens is 1. The second kappa shape index (κ2) is 7.91. The first-order valence-corrected chi connectivity index (χ1v) is 9.59. The fourth-order valence-electron chi connectivity index (χ4n) is 3.87. The Balaban J connectivity index is 1.46. The second-order valence-corrected chi connectivity index (χ2v) is 7.59. The maximum Gasteiger partial charge on any atom is 0.0900 e. The zero-order chi connectivity index (χ0) is 15.4. The van der Waals surface area contributed by atoms with E-state index in [9.17, 15) is 0 Å². The number of nitrogens with one attached hydrogen (secondary N) is 1. The number of piperazine rings is 1. The lowest BCUT2D eigenvalue weighted by molar-refractivity contribution is -0.902. The van der Waals surface area contributed by atoms with Crippen molar-refractivity contribution < 1.29 is 4.90 Å². The van der Waals surface area contributed by atoms with Crippen molar-refractivity contribution in [3.8, 4) is 0 Å². The van der Waals surface area contributed by atoms with Crippen LogP contribution in [0, 0.1) is 0 Å². The summed E-state index contributed by atoms with van der Waals surface area (Å²) in [5, 5.41) is 0. The van der Waals surface area contributed by atoms with E-state index in [4.69, 9.17) is 0 Å². The van der Waals surface area contributed by atoms with Gasteiger partial charge < -0.3 is 4.90 Å². The van der Waals surface area contributed by atoms with Crippen LogP contribution >= 0.6 is 15.9 Å². The van der Waals surface area contributed by atoms with Crippen molar-refractivity contribution in [1.82, 2.24) is 9.80 Å². The van der Waals surface area contributed by atoms with E-state index >= 15 is 0 Å². The van der Waals surface area contributed by atoms with Crippen LogP contribution in [0.2, 0.25) is 0 Å². The lowest BCUT2D eigenvalue weighted by Crippen LogP contribution is -3.14.